The first-order valence-corrected chi connectivity index (χ1v) is 21.4. The zero-order valence-corrected chi connectivity index (χ0v) is 35.9. The lowest BCUT2D eigenvalue weighted by molar-refractivity contribution is -0.192. The summed E-state index contributed by atoms with van der Waals surface area (Å²) in [6.07, 6.45) is 1.66. The minimum absolute atomic E-state index is 0.0363. The third-order valence-electron chi connectivity index (χ3n) is 10.3. The maximum Gasteiger partial charge on any atom is 0.490 e. The van der Waals surface area contributed by atoms with Crippen molar-refractivity contribution < 1.29 is 60.9 Å². The van der Waals surface area contributed by atoms with Crippen LogP contribution in [0.25, 0.3) is 11.1 Å². The van der Waals surface area contributed by atoms with Gasteiger partial charge in [-0.05, 0) is 73.5 Å². The quantitative estimate of drug-likeness (QED) is 0.0596. The average Bonchev–Trinajstić information content (AvgIpc) is 3.95. The van der Waals surface area contributed by atoms with Crippen LogP contribution in [-0.2, 0) is 35.3 Å². The van der Waals surface area contributed by atoms with Gasteiger partial charge < -0.3 is 30.3 Å². The van der Waals surface area contributed by atoms with E-state index in [2.05, 4.69) is 10.6 Å². The number of carbonyl (C=O) groups excluding carboxylic acids is 4. The fraction of sp³-hybridized carbons (Fsp3) is 0.455. The number of alkyl halides is 3. The second-order valence-electron chi connectivity index (χ2n) is 16.3. The van der Waals surface area contributed by atoms with E-state index >= 15 is 4.39 Å². The molecule has 1 saturated heterocycles. The Morgan fingerprint density at radius 1 is 0.952 bits per heavy atom. The van der Waals surface area contributed by atoms with E-state index in [9.17, 15) is 46.6 Å². The Morgan fingerprint density at radius 3 is 2.21 bits per heavy atom. The van der Waals surface area contributed by atoms with Crippen molar-refractivity contribution in [2.75, 3.05) is 37.7 Å². The van der Waals surface area contributed by atoms with Crippen LogP contribution in [0.2, 0.25) is 0 Å². The van der Waals surface area contributed by atoms with Crippen molar-refractivity contribution in [2.24, 2.45) is 11.3 Å². The molecule has 0 bridgehead atoms. The van der Waals surface area contributed by atoms with Crippen LogP contribution in [0.5, 0.6) is 0 Å². The van der Waals surface area contributed by atoms with Gasteiger partial charge in [-0.3, -0.25) is 24.1 Å². The summed E-state index contributed by atoms with van der Waals surface area (Å²) in [5.74, 6) is -6.35. The standard InChI is InChI=1S/C42H51F2N5O6S.C2HF3O2/c1-42(2,3)40(35-20-30(32-21-31(43)13-14-33(32)44)25-47(35)23-28-10-6-4-7-11-28)49(24-29-17-18-45-22-29)39(53)27-56-26-34(41(54)55)46-36(50)12-8-5-9-19-48-37(51)15-16-38(48)52;3-2(4,5)1(6)7/h4,6-7,10-11,13-16,20-21,25,29,34,40,45H,5,8-9,12,17-19,22-24,26-27H2,1-3H3,(H,46,50)(H,54,55);(H,6,7)/t29?,34-,40-;/m0./s1. The molecule has 3 heterocycles. The van der Waals surface area contributed by atoms with E-state index in [-0.39, 0.29) is 53.7 Å². The lowest BCUT2D eigenvalue weighted by atomic mass is 9.82. The number of imide groups is 1. The number of carbonyl (C=O) groups is 6. The maximum absolute atomic E-state index is 15.2. The van der Waals surface area contributed by atoms with Gasteiger partial charge in [-0.1, -0.05) is 57.5 Å². The lowest BCUT2D eigenvalue weighted by Crippen LogP contribution is -2.46. The molecule has 0 aliphatic carbocycles. The lowest BCUT2D eigenvalue weighted by Gasteiger charge is -2.42. The van der Waals surface area contributed by atoms with Crippen LogP contribution < -0.4 is 10.6 Å². The van der Waals surface area contributed by atoms with Gasteiger partial charge in [0.2, 0.25) is 11.8 Å². The molecule has 3 aromatic rings. The molecule has 4 amide bonds. The van der Waals surface area contributed by atoms with E-state index in [1.807, 2.05) is 66.6 Å². The molecular weight excluding hydrogens is 854 g/mol. The minimum Gasteiger partial charge on any atom is -0.480 e. The molecule has 2 aliphatic rings. The van der Waals surface area contributed by atoms with Crippen molar-refractivity contribution in [2.45, 2.75) is 77.7 Å². The molecule has 3 atom stereocenters. The summed E-state index contributed by atoms with van der Waals surface area (Å²) < 4.78 is 63.4. The van der Waals surface area contributed by atoms with Gasteiger partial charge in [0, 0.05) is 67.0 Å². The molecule has 1 fully saturated rings. The second kappa shape index (κ2) is 22.7. The Bertz CT molecular complexity index is 2100. The molecule has 2 aromatic carbocycles. The van der Waals surface area contributed by atoms with Crippen LogP contribution in [-0.4, -0.2) is 110 Å². The Balaban J connectivity index is 0.00000115. The molecule has 0 saturated carbocycles. The number of nitrogens with one attached hydrogen (secondary N) is 2. The Morgan fingerprint density at radius 2 is 1.62 bits per heavy atom. The van der Waals surface area contributed by atoms with Crippen molar-refractivity contribution in [3.63, 3.8) is 0 Å². The number of halogens is 5. The fourth-order valence-electron chi connectivity index (χ4n) is 7.28. The van der Waals surface area contributed by atoms with E-state index in [4.69, 9.17) is 9.90 Å². The number of aromatic nitrogens is 1. The summed E-state index contributed by atoms with van der Waals surface area (Å²) in [6, 6.07) is 13.2. The van der Waals surface area contributed by atoms with Gasteiger partial charge >= 0.3 is 18.1 Å². The summed E-state index contributed by atoms with van der Waals surface area (Å²) in [5.41, 5.74) is 1.83. The molecular formula is C44H52F5N5O8S. The number of aliphatic carboxylic acids is 2. The number of hydrogen-bond donors (Lipinski definition) is 4. The fourth-order valence-corrected chi connectivity index (χ4v) is 8.20. The maximum atomic E-state index is 15.2. The van der Waals surface area contributed by atoms with Gasteiger partial charge in [0.25, 0.3) is 11.8 Å². The summed E-state index contributed by atoms with van der Waals surface area (Å²) in [4.78, 5) is 74.6. The first-order valence-electron chi connectivity index (χ1n) is 20.3. The number of carboxylic acid groups (broad SMARTS) is 2. The Hall–Kier alpha value is -5.56. The summed E-state index contributed by atoms with van der Waals surface area (Å²) in [6.45, 7) is 8.80. The van der Waals surface area contributed by atoms with Crippen LogP contribution >= 0.6 is 11.8 Å². The highest BCUT2D eigenvalue weighted by Gasteiger charge is 2.39. The van der Waals surface area contributed by atoms with Crippen molar-refractivity contribution in [1.29, 1.82) is 0 Å². The number of benzene rings is 2. The molecule has 19 heteroatoms. The van der Waals surface area contributed by atoms with Crippen LogP contribution in [0, 0.1) is 23.0 Å². The topological polar surface area (TPSA) is 178 Å². The zero-order chi connectivity index (χ0) is 46.5. The van der Waals surface area contributed by atoms with Gasteiger partial charge in [0.15, 0.2) is 0 Å². The summed E-state index contributed by atoms with van der Waals surface area (Å²) in [7, 11) is 0. The number of thioether (sulfide) groups is 1. The van der Waals surface area contributed by atoms with Gasteiger partial charge in [0.1, 0.15) is 17.7 Å². The van der Waals surface area contributed by atoms with Gasteiger partial charge in [-0.15, -0.1) is 11.8 Å². The van der Waals surface area contributed by atoms with Crippen LogP contribution in [0.1, 0.15) is 70.2 Å². The van der Waals surface area contributed by atoms with Crippen LogP contribution in [0.4, 0.5) is 22.0 Å². The second-order valence-corrected chi connectivity index (χ2v) is 17.3. The third kappa shape index (κ3) is 15.0. The SMILES string of the molecule is CC(C)(C)[C@H](c1cc(-c2cc(F)ccc2F)cn1Cc1ccccc1)N(CC1CCNC1)C(=O)CSC[C@H](NC(=O)CCCCCN1C(=O)C=CC1=O)C(=O)O.O=C(O)C(F)(F)F. The van der Waals surface area contributed by atoms with Crippen molar-refractivity contribution in [1.82, 2.24) is 25.0 Å². The number of unbranched alkanes of at least 4 members (excludes halogenated alkanes) is 2. The molecule has 63 heavy (non-hydrogen) atoms. The molecule has 342 valence electrons. The van der Waals surface area contributed by atoms with E-state index < -0.39 is 53.2 Å². The summed E-state index contributed by atoms with van der Waals surface area (Å²) in [5, 5.41) is 23.0. The zero-order valence-electron chi connectivity index (χ0n) is 35.1. The molecule has 1 unspecified atom stereocenters. The van der Waals surface area contributed by atoms with Gasteiger partial charge in [-0.2, -0.15) is 13.2 Å². The first kappa shape index (κ1) is 50.1. The number of hydrogen-bond acceptors (Lipinski definition) is 8. The molecule has 13 nitrogen and oxygen atoms in total. The molecule has 0 spiro atoms. The van der Waals surface area contributed by atoms with Crippen molar-refractivity contribution in [3.8, 4) is 11.1 Å². The van der Waals surface area contributed by atoms with Crippen molar-refractivity contribution >= 4 is 47.3 Å². The van der Waals surface area contributed by atoms with Gasteiger partial charge in [-0.25, -0.2) is 18.4 Å². The number of nitrogens with zero attached hydrogens (tertiary/aromatic N) is 3. The molecule has 5 rings (SSSR count). The Labute approximate surface area is 366 Å². The highest BCUT2D eigenvalue weighted by atomic mass is 32.2. The highest BCUT2D eigenvalue weighted by molar-refractivity contribution is 8.00. The summed E-state index contributed by atoms with van der Waals surface area (Å²) >= 11 is 1.13. The van der Waals surface area contributed by atoms with Crippen LogP contribution in [0.15, 0.2) is 72.9 Å². The number of carboxylic acids is 2. The van der Waals surface area contributed by atoms with E-state index in [0.29, 0.717) is 37.9 Å². The van der Waals surface area contributed by atoms with E-state index in [1.165, 1.54) is 18.2 Å². The first-order chi connectivity index (χ1) is 29.6. The average molecular weight is 906 g/mol. The van der Waals surface area contributed by atoms with E-state index in [1.54, 1.807) is 6.20 Å². The Kier molecular flexibility index (Phi) is 18.0. The normalized spacial score (nSPS) is 16.1. The largest absolute Gasteiger partial charge is 0.490 e. The third-order valence-corrected chi connectivity index (χ3v) is 11.3. The smallest absolute Gasteiger partial charge is 0.480 e. The highest BCUT2D eigenvalue weighted by Crippen LogP contribution is 2.42. The molecule has 0 radical (unpaired) electrons. The predicted molar refractivity (Wildman–Crippen MR) is 225 cm³/mol. The van der Waals surface area contributed by atoms with Crippen molar-refractivity contribution in [3.05, 3.63) is 95.8 Å². The van der Waals surface area contributed by atoms with Crippen LogP contribution in [0.3, 0.4) is 0 Å². The minimum atomic E-state index is -5.08. The molecule has 4 N–H and O–H groups in total. The number of rotatable bonds is 19. The number of amides is 4. The molecule has 2 aliphatic heterocycles. The molecule has 1 aromatic heterocycles. The predicted octanol–water partition coefficient (Wildman–Crippen LogP) is 6.43. The van der Waals surface area contributed by atoms with Gasteiger partial charge in [0.05, 0.1) is 11.8 Å². The van der Waals surface area contributed by atoms with E-state index in [0.717, 1.165) is 59.6 Å². The monoisotopic (exact) mass is 905 g/mol.